The highest BCUT2D eigenvalue weighted by Crippen LogP contribution is 2.22. The summed E-state index contributed by atoms with van der Waals surface area (Å²) in [6.07, 6.45) is 3.09. The van der Waals surface area contributed by atoms with Gasteiger partial charge in [0.05, 0.1) is 25.5 Å². The average molecular weight is 465 g/mol. The molecule has 0 bridgehead atoms. The molecule has 0 saturated carbocycles. The molecule has 8 heteroatoms. The second-order valence-electron chi connectivity index (χ2n) is 7.74. The maximum absolute atomic E-state index is 12.5. The van der Waals surface area contributed by atoms with Crippen molar-refractivity contribution in [3.05, 3.63) is 88.2 Å². The Kier molecular flexibility index (Phi) is 7.22. The number of morpholine rings is 1. The zero-order valence-electron chi connectivity index (χ0n) is 18.3. The highest BCUT2D eigenvalue weighted by atomic mass is 35.5. The number of nitrogens with zero attached hydrogens (tertiary/aromatic N) is 3. The van der Waals surface area contributed by atoms with Crippen LogP contribution in [0.25, 0.3) is 6.08 Å². The Morgan fingerprint density at radius 1 is 1.09 bits per heavy atom. The van der Waals surface area contributed by atoms with E-state index in [1.165, 1.54) is 6.08 Å². The lowest BCUT2D eigenvalue weighted by Gasteiger charge is -2.26. The third-order valence-electron chi connectivity index (χ3n) is 5.38. The number of carbonyl (C=O) groups is 2. The molecule has 1 aromatic heterocycles. The number of ether oxygens (including phenoxy) is 1. The Labute approximate surface area is 197 Å². The summed E-state index contributed by atoms with van der Waals surface area (Å²) in [7, 11) is 0. The molecule has 2 heterocycles. The lowest BCUT2D eigenvalue weighted by Crippen LogP contribution is -2.40. The first kappa shape index (κ1) is 22.8. The van der Waals surface area contributed by atoms with Gasteiger partial charge in [-0.15, -0.1) is 0 Å². The average Bonchev–Trinajstić information content (AvgIpc) is 3.11. The zero-order chi connectivity index (χ0) is 23.2. The Bertz CT molecular complexity index is 1150. The summed E-state index contributed by atoms with van der Waals surface area (Å²) in [5, 5.41) is 7.77. The van der Waals surface area contributed by atoms with Crippen LogP contribution in [0.15, 0.2) is 60.7 Å². The first-order valence-corrected chi connectivity index (χ1v) is 11.1. The van der Waals surface area contributed by atoms with E-state index in [1.54, 1.807) is 39.9 Å². The standard InChI is InChI=1S/C25H25ClN4O3/c1-18-22(24(26)30(28-18)17-19-5-3-2-4-6-19)11-12-23(31)27-21-9-7-20(8-10-21)25(32)29-13-15-33-16-14-29/h2-12H,13-17H2,1H3,(H,27,31)/b12-11+. The van der Waals surface area contributed by atoms with E-state index in [-0.39, 0.29) is 11.8 Å². The number of benzene rings is 2. The highest BCUT2D eigenvalue weighted by molar-refractivity contribution is 6.31. The van der Waals surface area contributed by atoms with Crippen molar-refractivity contribution in [3.8, 4) is 0 Å². The lowest BCUT2D eigenvalue weighted by atomic mass is 10.1. The van der Waals surface area contributed by atoms with Gasteiger partial charge in [0, 0.05) is 36.0 Å². The molecular weight excluding hydrogens is 440 g/mol. The van der Waals surface area contributed by atoms with Crippen LogP contribution in [0.1, 0.15) is 27.2 Å². The van der Waals surface area contributed by atoms with E-state index < -0.39 is 0 Å². The number of aryl methyl sites for hydroxylation is 1. The lowest BCUT2D eigenvalue weighted by molar-refractivity contribution is -0.111. The SMILES string of the molecule is Cc1nn(Cc2ccccc2)c(Cl)c1/C=C/C(=O)Nc1ccc(C(=O)N2CCOCC2)cc1. The van der Waals surface area contributed by atoms with Crippen LogP contribution in [0.5, 0.6) is 0 Å². The maximum atomic E-state index is 12.5. The van der Waals surface area contributed by atoms with Crippen molar-refractivity contribution in [1.29, 1.82) is 0 Å². The molecule has 1 fully saturated rings. The molecule has 4 rings (SSSR count). The third kappa shape index (κ3) is 5.69. The summed E-state index contributed by atoms with van der Waals surface area (Å²) in [5.74, 6) is -0.331. The van der Waals surface area contributed by atoms with Crippen LogP contribution in [0.2, 0.25) is 5.15 Å². The van der Waals surface area contributed by atoms with Gasteiger partial charge in [0.25, 0.3) is 5.91 Å². The van der Waals surface area contributed by atoms with Crippen molar-refractivity contribution in [2.75, 3.05) is 31.6 Å². The van der Waals surface area contributed by atoms with Gasteiger partial charge in [-0.2, -0.15) is 5.10 Å². The Hall–Kier alpha value is -3.42. The van der Waals surface area contributed by atoms with Crippen LogP contribution in [-0.4, -0.2) is 52.8 Å². The summed E-state index contributed by atoms with van der Waals surface area (Å²) in [5.41, 5.74) is 3.72. The molecule has 1 aliphatic rings. The topological polar surface area (TPSA) is 76.5 Å². The number of amides is 2. The van der Waals surface area contributed by atoms with Crippen molar-refractivity contribution in [1.82, 2.24) is 14.7 Å². The van der Waals surface area contributed by atoms with Gasteiger partial charge in [0.15, 0.2) is 0 Å². The second-order valence-corrected chi connectivity index (χ2v) is 8.10. The Morgan fingerprint density at radius 3 is 2.48 bits per heavy atom. The molecule has 170 valence electrons. The Balaban J connectivity index is 1.37. The number of carbonyl (C=O) groups excluding carboxylic acids is 2. The van der Waals surface area contributed by atoms with Gasteiger partial charge < -0.3 is 15.0 Å². The number of hydrogen-bond donors (Lipinski definition) is 1. The molecule has 1 saturated heterocycles. The number of anilines is 1. The summed E-state index contributed by atoms with van der Waals surface area (Å²) >= 11 is 6.51. The number of hydrogen-bond acceptors (Lipinski definition) is 4. The van der Waals surface area contributed by atoms with E-state index in [1.807, 2.05) is 37.3 Å². The number of rotatable bonds is 6. The molecule has 0 radical (unpaired) electrons. The molecule has 2 amide bonds. The maximum Gasteiger partial charge on any atom is 0.254 e. The van der Waals surface area contributed by atoms with Gasteiger partial charge in [-0.1, -0.05) is 41.9 Å². The predicted octanol–water partition coefficient (Wildman–Crippen LogP) is 4.02. The molecule has 2 aromatic carbocycles. The van der Waals surface area contributed by atoms with E-state index in [0.717, 1.165) is 11.3 Å². The molecule has 1 aliphatic heterocycles. The fourth-order valence-electron chi connectivity index (χ4n) is 3.61. The second kappa shape index (κ2) is 10.5. The van der Waals surface area contributed by atoms with Crippen LogP contribution in [0, 0.1) is 6.92 Å². The van der Waals surface area contributed by atoms with E-state index >= 15 is 0 Å². The van der Waals surface area contributed by atoms with Crippen molar-refractivity contribution >= 4 is 35.2 Å². The summed E-state index contributed by atoms with van der Waals surface area (Å²) < 4.78 is 7.00. The van der Waals surface area contributed by atoms with Gasteiger partial charge in [-0.3, -0.25) is 9.59 Å². The fraction of sp³-hybridized carbons (Fsp3) is 0.240. The minimum Gasteiger partial charge on any atom is -0.378 e. The molecule has 0 aliphatic carbocycles. The van der Waals surface area contributed by atoms with Crippen LogP contribution in [-0.2, 0) is 16.1 Å². The monoisotopic (exact) mass is 464 g/mol. The normalized spacial score (nSPS) is 13.9. The molecule has 7 nitrogen and oxygen atoms in total. The third-order valence-corrected chi connectivity index (χ3v) is 5.78. The Morgan fingerprint density at radius 2 is 1.79 bits per heavy atom. The van der Waals surface area contributed by atoms with Crippen molar-refractivity contribution in [3.63, 3.8) is 0 Å². The van der Waals surface area contributed by atoms with Gasteiger partial charge in [0.1, 0.15) is 5.15 Å². The van der Waals surface area contributed by atoms with Crippen molar-refractivity contribution in [2.24, 2.45) is 0 Å². The first-order valence-electron chi connectivity index (χ1n) is 10.7. The van der Waals surface area contributed by atoms with E-state index in [2.05, 4.69) is 10.4 Å². The smallest absolute Gasteiger partial charge is 0.254 e. The largest absolute Gasteiger partial charge is 0.378 e. The van der Waals surface area contributed by atoms with Gasteiger partial charge in [-0.05, 0) is 42.8 Å². The summed E-state index contributed by atoms with van der Waals surface area (Å²) in [6.45, 7) is 4.70. The van der Waals surface area contributed by atoms with Crippen molar-refractivity contribution in [2.45, 2.75) is 13.5 Å². The molecule has 0 atom stereocenters. The number of halogens is 1. The summed E-state index contributed by atoms with van der Waals surface area (Å²) in [4.78, 5) is 26.7. The number of nitrogens with one attached hydrogen (secondary N) is 1. The van der Waals surface area contributed by atoms with Crippen LogP contribution in [0.3, 0.4) is 0 Å². The number of aromatic nitrogens is 2. The van der Waals surface area contributed by atoms with E-state index in [0.29, 0.717) is 54.8 Å². The van der Waals surface area contributed by atoms with Crippen molar-refractivity contribution < 1.29 is 14.3 Å². The van der Waals surface area contributed by atoms with E-state index in [9.17, 15) is 9.59 Å². The van der Waals surface area contributed by atoms with Crippen LogP contribution >= 0.6 is 11.6 Å². The first-order chi connectivity index (χ1) is 16.0. The van der Waals surface area contributed by atoms with Gasteiger partial charge in [0.2, 0.25) is 5.91 Å². The van der Waals surface area contributed by atoms with Gasteiger partial charge >= 0.3 is 0 Å². The molecule has 0 unspecified atom stereocenters. The summed E-state index contributed by atoms with van der Waals surface area (Å²) in [6, 6.07) is 16.8. The van der Waals surface area contributed by atoms with Crippen LogP contribution in [0.4, 0.5) is 5.69 Å². The van der Waals surface area contributed by atoms with E-state index in [4.69, 9.17) is 16.3 Å². The fourth-order valence-corrected chi connectivity index (χ4v) is 3.90. The minimum atomic E-state index is -0.298. The molecule has 3 aromatic rings. The highest BCUT2D eigenvalue weighted by Gasteiger charge is 2.18. The quantitative estimate of drug-likeness (QED) is 0.559. The zero-order valence-corrected chi connectivity index (χ0v) is 19.1. The minimum absolute atomic E-state index is 0.0336. The molecular formula is C25H25ClN4O3. The molecule has 33 heavy (non-hydrogen) atoms. The van der Waals surface area contributed by atoms with Crippen LogP contribution < -0.4 is 5.32 Å². The molecule has 1 N–H and O–H groups in total. The predicted molar refractivity (Wildman–Crippen MR) is 128 cm³/mol. The van der Waals surface area contributed by atoms with Gasteiger partial charge in [-0.25, -0.2) is 4.68 Å². The molecule has 0 spiro atoms.